The maximum Gasteiger partial charge on any atom is 0.161 e. The van der Waals surface area contributed by atoms with E-state index in [1.54, 1.807) is 6.33 Å². The molecule has 1 aliphatic carbocycles. The molecule has 0 spiro atoms. The molecule has 3 rings (SSSR count). The van der Waals surface area contributed by atoms with Gasteiger partial charge in [-0.05, 0) is 44.4 Å². The zero-order valence-corrected chi connectivity index (χ0v) is 13.9. The number of hydrogen-bond donors (Lipinski definition) is 2. The van der Waals surface area contributed by atoms with Crippen LogP contribution in [0.1, 0.15) is 38.2 Å². The van der Waals surface area contributed by atoms with Crippen LogP contribution in [-0.4, -0.2) is 22.6 Å². The summed E-state index contributed by atoms with van der Waals surface area (Å²) < 4.78 is 0. The number of anilines is 4. The van der Waals surface area contributed by atoms with Crippen LogP contribution < -0.4 is 16.0 Å². The number of nitrogens with zero attached hydrogens (tertiary/aromatic N) is 3. The quantitative estimate of drug-likeness (QED) is 0.877. The summed E-state index contributed by atoms with van der Waals surface area (Å²) in [5, 5.41) is 3.49. The minimum Gasteiger partial charge on any atom is -0.393 e. The van der Waals surface area contributed by atoms with Crippen molar-refractivity contribution in [2.45, 2.75) is 45.6 Å². The zero-order valence-electron chi connectivity index (χ0n) is 13.9. The molecule has 0 bridgehead atoms. The van der Waals surface area contributed by atoms with E-state index in [-0.39, 0.29) is 0 Å². The van der Waals surface area contributed by atoms with Crippen LogP contribution in [0.5, 0.6) is 0 Å². The summed E-state index contributed by atoms with van der Waals surface area (Å²) in [5.41, 5.74) is 9.33. The van der Waals surface area contributed by atoms with Gasteiger partial charge in [-0.3, -0.25) is 0 Å². The molecule has 1 aromatic carbocycles. The Morgan fingerprint density at radius 3 is 2.74 bits per heavy atom. The van der Waals surface area contributed by atoms with Crippen LogP contribution in [0.25, 0.3) is 0 Å². The van der Waals surface area contributed by atoms with Crippen molar-refractivity contribution in [3.63, 3.8) is 0 Å². The van der Waals surface area contributed by atoms with Crippen molar-refractivity contribution >= 4 is 23.0 Å². The lowest BCUT2D eigenvalue weighted by Crippen LogP contribution is -2.22. The fraction of sp³-hybridized carbons (Fsp3) is 0.444. The Morgan fingerprint density at radius 1 is 1.26 bits per heavy atom. The lowest BCUT2D eigenvalue weighted by Gasteiger charge is -2.25. The molecule has 0 unspecified atom stereocenters. The highest BCUT2D eigenvalue weighted by Gasteiger charge is 2.20. The van der Waals surface area contributed by atoms with Crippen molar-refractivity contribution in [1.29, 1.82) is 0 Å². The van der Waals surface area contributed by atoms with E-state index in [0.717, 1.165) is 23.9 Å². The van der Waals surface area contributed by atoms with Gasteiger partial charge in [0.2, 0.25) is 0 Å². The second-order valence-electron chi connectivity index (χ2n) is 6.17. The number of nitrogen functional groups attached to an aromatic ring is 1. The average molecular weight is 311 g/mol. The number of hydrogen-bond acceptors (Lipinski definition) is 5. The lowest BCUT2D eigenvalue weighted by molar-refractivity contribution is 0.750. The Kier molecular flexibility index (Phi) is 4.65. The second-order valence-corrected chi connectivity index (χ2v) is 6.17. The first-order valence-corrected chi connectivity index (χ1v) is 8.40. The number of rotatable bonds is 5. The van der Waals surface area contributed by atoms with Crippen molar-refractivity contribution < 1.29 is 0 Å². The van der Waals surface area contributed by atoms with Crippen molar-refractivity contribution in [3.05, 3.63) is 36.2 Å². The van der Waals surface area contributed by atoms with Crippen LogP contribution in [0, 0.1) is 6.92 Å². The molecule has 5 nitrogen and oxygen atoms in total. The summed E-state index contributed by atoms with van der Waals surface area (Å²) in [6.07, 6.45) is 6.53. The van der Waals surface area contributed by atoms with Gasteiger partial charge in [0.05, 0.1) is 0 Å². The van der Waals surface area contributed by atoms with Crippen molar-refractivity contribution in [1.82, 2.24) is 9.97 Å². The molecule has 0 amide bonds. The first kappa shape index (κ1) is 15.6. The standard InChI is InChI=1S/C18H25N5/c1-3-23(15-10-6-7-13(2)11-15)18-16(19)17(20-12-21-18)22-14-8-4-5-9-14/h6-7,10-12,14H,3-5,8-9,19H2,1-2H3,(H,20,21,22). The average Bonchev–Trinajstić information content (AvgIpc) is 3.05. The molecule has 0 aliphatic heterocycles. The summed E-state index contributed by atoms with van der Waals surface area (Å²) in [5.74, 6) is 1.53. The van der Waals surface area contributed by atoms with E-state index in [4.69, 9.17) is 5.73 Å². The lowest BCUT2D eigenvalue weighted by atomic mass is 10.2. The molecule has 0 radical (unpaired) electrons. The van der Waals surface area contributed by atoms with Crippen molar-refractivity contribution in [2.24, 2.45) is 0 Å². The molecule has 1 heterocycles. The van der Waals surface area contributed by atoms with Gasteiger partial charge in [0, 0.05) is 18.3 Å². The fourth-order valence-electron chi connectivity index (χ4n) is 3.23. The summed E-state index contributed by atoms with van der Waals surface area (Å²) in [6, 6.07) is 8.86. The summed E-state index contributed by atoms with van der Waals surface area (Å²) in [6.45, 7) is 5.00. The third-order valence-electron chi connectivity index (χ3n) is 4.44. The predicted molar refractivity (Wildman–Crippen MR) is 96.2 cm³/mol. The van der Waals surface area contributed by atoms with Gasteiger partial charge in [-0.25, -0.2) is 9.97 Å². The van der Waals surface area contributed by atoms with Gasteiger partial charge in [-0.1, -0.05) is 25.0 Å². The SMILES string of the molecule is CCN(c1cccc(C)c1)c1ncnc(NC2CCCC2)c1N. The van der Waals surface area contributed by atoms with Crippen LogP contribution in [0.4, 0.5) is 23.0 Å². The third-order valence-corrected chi connectivity index (χ3v) is 4.44. The van der Waals surface area contributed by atoms with Gasteiger partial charge in [-0.15, -0.1) is 0 Å². The summed E-state index contributed by atoms with van der Waals surface area (Å²) in [4.78, 5) is 10.9. The van der Waals surface area contributed by atoms with Crippen molar-refractivity contribution in [3.8, 4) is 0 Å². The van der Waals surface area contributed by atoms with E-state index in [0.29, 0.717) is 11.7 Å². The topological polar surface area (TPSA) is 67.1 Å². The second kappa shape index (κ2) is 6.86. The fourth-order valence-corrected chi connectivity index (χ4v) is 3.23. The first-order valence-electron chi connectivity index (χ1n) is 8.40. The number of nitrogens with two attached hydrogens (primary N) is 1. The van der Waals surface area contributed by atoms with Crippen LogP contribution >= 0.6 is 0 Å². The van der Waals surface area contributed by atoms with Gasteiger partial charge in [0.15, 0.2) is 11.6 Å². The van der Waals surface area contributed by atoms with Gasteiger partial charge < -0.3 is 16.0 Å². The monoisotopic (exact) mass is 311 g/mol. The van der Waals surface area contributed by atoms with E-state index in [9.17, 15) is 0 Å². The molecule has 23 heavy (non-hydrogen) atoms. The molecule has 122 valence electrons. The smallest absolute Gasteiger partial charge is 0.161 e. The van der Waals surface area contributed by atoms with Gasteiger partial charge in [0.25, 0.3) is 0 Å². The molecular formula is C18H25N5. The summed E-state index contributed by atoms with van der Waals surface area (Å²) in [7, 11) is 0. The highest BCUT2D eigenvalue weighted by atomic mass is 15.2. The Hall–Kier alpha value is -2.30. The Bertz CT molecular complexity index is 664. The Labute approximate surface area is 137 Å². The number of aryl methyl sites for hydroxylation is 1. The third kappa shape index (κ3) is 3.38. The largest absolute Gasteiger partial charge is 0.393 e. The van der Waals surface area contributed by atoms with E-state index in [1.165, 1.54) is 31.2 Å². The maximum atomic E-state index is 6.38. The summed E-state index contributed by atoms with van der Waals surface area (Å²) >= 11 is 0. The van der Waals surface area contributed by atoms with Crippen LogP contribution in [0.3, 0.4) is 0 Å². The Balaban J connectivity index is 1.91. The van der Waals surface area contributed by atoms with Crippen LogP contribution in [0.15, 0.2) is 30.6 Å². The highest BCUT2D eigenvalue weighted by molar-refractivity contribution is 5.79. The predicted octanol–water partition coefficient (Wildman–Crippen LogP) is 3.88. The molecular weight excluding hydrogens is 286 g/mol. The minimum absolute atomic E-state index is 0.481. The Morgan fingerprint density at radius 2 is 2.04 bits per heavy atom. The van der Waals surface area contributed by atoms with Crippen LogP contribution in [0.2, 0.25) is 0 Å². The molecule has 2 aromatic rings. The molecule has 3 N–H and O–H groups in total. The number of benzene rings is 1. The van der Waals surface area contributed by atoms with Gasteiger partial charge in [0.1, 0.15) is 12.0 Å². The van der Waals surface area contributed by atoms with E-state index >= 15 is 0 Å². The molecule has 1 aromatic heterocycles. The molecule has 1 aliphatic rings. The van der Waals surface area contributed by atoms with E-state index < -0.39 is 0 Å². The maximum absolute atomic E-state index is 6.38. The van der Waals surface area contributed by atoms with Crippen LogP contribution in [-0.2, 0) is 0 Å². The van der Waals surface area contributed by atoms with Gasteiger partial charge in [-0.2, -0.15) is 0 Å². The van der Waals surface area contributed by atoms with E-state index in [2.05, 4.69) is 58.3 Å². The zero-order chi connectivity index (χ0) is 16.2. The molecule has 1 fully saturated rings. The normalized spacial score (nSPS) is 14.9. The number of nitrogens with one attached hydrogen (secondary N) is 1. The molecule has 5 heteroatoms. The van der Waals surface area contributed by atoms with E-state index in [1.807, 2.05) is 0 Å². The first-order chi connectivity index (χ1) is 11.2. The molecule has 0 saturated heterocycles. The molecule has 1 saturated carbocycles. The minimum atomic E-state index is 0.481. The molecule has 0 atom stereocenters. The number of aromatic nitrogens is 2. The highest BCUT2D eigenvalue weighted by Crippen LogP contribution is 2.33. The van der Waals surface area contributed by atoms with Gasteiger partial charge >= 0.3 is 0 Å². The van der Waals surface area contributed by atoms with Crippen molar-refractivity contribution in [2.75, 3.05) is 22.5 Å².